The summed E-state index contributed by atoms with van der Waals surface area (Å²) in [6, 6.07) is 1.50. The van der Waals surface area contributed by atoms with Crippen molar-refractivity contribution in [1.82, 2.24) is 4.98 Å². The fourth-order valence-electron chi connectivity index (χ4n) is 1.75. The summed E-state index contributed by atoms with van der Waals surface area (Å²) in [5.74, 6) is 0. The Balaban J connectivity index is 2.99. The normalized spacial score (nSPS) is 16.8. The zero-order chi connectivity index (χ0) is 12.2. The zero-order valence-electron chi connectivity index (χ0n) is 10.2. The Morgan fingerprint density at radius 1 is 1.50 bits per heavy atom. The summed E-state index contributed by atoms with van der Waals surface area (Å²) in [7, 11) is 0. The molecule has 4 nitrogen and oxygen atoms in total. The van der Waals surface area contributed by atoms with Crippen LogP contribution < -0.4 is 11.5 Å². The van der Waals surface area contributed by atoms with Gasteiger partial charge in [-0.05, 0) is 26.3 Å². The summed E-state index contributed by atoms with van der Waals surface area (Å²) in [4.78, 5) is 4.06. The van der Waals surface area contributed by atoms with E-state index in [1.165, 1.54) is 0 Å². The highest BCUT2D eigenvalue weighted by Crippen LogP contribution is 2.32. The predicted molar refractivity (Wildman–Crippen MR) is 65.9 cm³/mol. The van der Waals surface area contributed by atoms with Gasteiger partial charge < -0.3 is 16.2 Å². The first-order valence-electron chi connectivity index (χ1n) is 5.64. The van der Waals surface area contributed by atoms with E-state index in [1.807, 2.05) is 13.8 Å². The molecule has 0 saturated carbocycles. The van der Waals surface area contributed by atoms with Gasteiger partial charge in [0.25, 0.3) is 0 Å². The van der Waals surface area contributed by atoms with Crippen molar-refractivity contribution in [3.63, 3.8) is 0 Å². The number of ether oxygens (including phenoxy) is 1. The monoisotopic (exact) mass is 223 g/mol. The Labute approximate surface area is 97.0 Å². The molecule has 4 N–H and O–H groups in total. The Morgan fingerprint density at radius 3 is 2.69 bits per heavy atom. The molecule has 0 aromatic carbocycles. The Bertz CT molecular complexity index is 343. The van der Waals surface area contributed by atoms with Gasteiger partial charge in [-0.15, -0.1) is 0 Å². The molecule has 0 radical (unpaired) electrons. The third kappa shape index (κ3) is 2.51. The molecule has 0 aliphatic rings. The second kappa shape index (κ2) is 5.27. The second-order valence-corrected chi connectivity index (χ2v) is 4.08. The van der Waals surface area contributed by atoms with Crippen molar-refractivity contribution < 1.29 is 4.74 Å². The minimum absolute atomic E-state index is 0.258. The number of hydrogen-bond donors (Lipinski definition) is 2. The molecule has 0 aliphatic heterocycles. The van der Waals surface area contributed by atoms with Crippen LogP contribution in [0.2, 0.25) is 0 Å². The SMILES string of the molecule is CCOC(C)(CC)C(N)c1cnccc1N. The van der Waals surface area contributed by atoms with E-state index in [0.717, 1.165) is 12.0 Å². The summed E-state index contributed by atoms with van der Waals surface area (Å²) < 4.78 is 5.74. The number of hydrogen-bond acceptors (Lipinski definition) is 4. The molecule has 2 unspecified atom stereocenters. The van der Waals surface area contributed by atoms with Gasteiger partial charge >= 0.3 is 0 Å². The van der Waals surface area contributed by atoms with Crippen molar-refractivity contribution in [2.45, 2.75) is 38.8 Å². The summed E-state index contributed by atoms with van der Waals surface area (Å²) in [5.41, 5.74) is 13.2. The van der Waals surface area contributed by atoms with Crippen molar-refractivity contribution in [1.29, 1.82) is 0 Å². The smallest absolute Gasteiger partial charge is 0.0844 e. The van der Waals surface area contributed by atoms with Crippen LogP contribution in [0.3, 0.4) is 0 Å². The lowest BCUT2D eigenvalue weighted by molar-refractivity contribution is -0.0471. The van der Waals surface area contributed by atoms with E-state index < -0.39 is 5.60 Å². The molecule has 0 aliphatic carbocycles. The van der Waals surface area contributed by atoms with Crippen molar-refractivity contribution in [2.24, 2.45) is 5.73 Å². The third-order valence-electron chi connectivity index (χ3n) is 3.06. The summed E-state index contributed by atoms with van der Waals surface area (Å²) in [6.45, 7) is 6.67. The predicted octanol–water partition coefficient (Wildman–Crippen LogP) is 1.87. The zero-order valence-corrected chi connectivity index (χ0v) is 10.2. The molecule has 1 aromatic rings. The number of nitrogens with two attached hydrogens (primary N) is 2. The van der Waals surface area contributed by atoms with Gasteiger partial charge in [0.05, 0.1) is 11.6 Å². The van der Waals surface area contributed by atoms with Crippen LogP contribution in [0.15, 0.2) is 18.5 Å². The van der Waals surface area contributed by atoms with E-state index in [2.05, 4.69) is 11.9 Å². The van der Waals surface area contributed by atoms with Gasteiger partial charge in [0.15, 0.2) is 0 Å². The lowest BCUT2D eigenvalue weighted by atomic mass is 9.88. The van der Waals surface area contributed by atoms with Crippen molar-refractivity contribution in [2.75, 3.05) is 12.3 Å². The minimum Gasteiger partial charge on any atom is -0.398 e. The molecule has 1 heterocycles. The highest BCUT2D eigenvalue weighted by molar-refractivity contribution is 5.47. The fraction of sp³-hybridized carbons (Fsp3) is 0.583. The molecule has 0 spiro atoms. The van der Waals surface area contributed by atoms with E-state index in [9.17, 15) is 0 Å². The quantitative estimate of drug-likeness (QED) is 0.799. The van der Waals surface area contributed by atoms with Gasteiger partial charge in [-0.25, -0.2) is 0 Å². The van der Waals surface area contributed by atoms with E-state index in [4.69, 9.17) is 16.2 Å². The Hall–Kier alpha value is -1.13. The first kappa shape index (κ1) is 12.9. The lowest BCUT2D eigenvalue weighted by Gasteiger charge is -2.34. The number of anilines is 1. The van der Waals surface area contributed by atoms with E-state index in [0.29, 0.717) is 12.3 Å². The maximum absolute atomic E-state index is 6.23. The van der Waals surface area contributed by atoms with Gasteiger partial charge in [0.1, 0.15) is 0 Å². The maximum Gasteiger partial charge on any atom is 0.0844 e. The van der Waals surface area contributed by atoms with Crippen LogP contribution in [0, 0.1) is 0 Å². The molecule has 0 amide bonds. The average Bonchev–Trinajstić information content (AvgIpc) is 2.29. The number of aromatic nitrogens is 1. The van der Waals surface area contributed by atoms with Crippen molar-refractivity contribution in [3.8, 4) is 0 Å². The van der Waals surface area contributed by atoms with Crippen LogP contribution in [0.25, 0.3) is 0 Å². The van der Waals surface area contributed by atoms with Gasteiger partial charge in [0, 0.05) is 30.3 Å². The highest BCUT2D eigenvalue weighted by Gasteiger charge is 2.32. The largest absolute Gasteiger partial charge is 0.398 e. The molecule has 0 bridgehead atoms. The molecule has 1 aromatic heterocycles. The summed E-state index contributed by atoms with van der Waals surface area (Å²) in [5, 5.41) is 0. The van der Waals surface area contributed by atoms with Crippen LogP contribution in [-0.4, -0.2) is 17.2 Å². The van der Waals surface area contributed by atoms with E-state index >= 15 is 0 Å². The first-order valence-corrected chi connectivity index (χ1v) is 5.64. The molecular formula is C12H21N3O. The number of nitrogen functional groups attached to an aromatic ring is 1. The van der Waals surface area contributed by atoms with E-state index in [-0.39, 0.29) is 6.04 Å². The van der Waals surface area contributed by atoms with Crippen molar-refractivity contribution >= 4 is 5.69 Å². The minimum atomic E-state index is -0.397. The summed E-state index contributed by atoms with van der Waals surface area (Å²) in [6.07, 6.45) is 4.21. The number of pyridine rings is 1. The molecule has 90 valence electrons. The van der Waals surface area contributed by atoms with Gasteiger partial charge in [-0.1, -0.05) is 6.92 Å². The molecule has 0 fully saturated rings. The Morgan fingerprint density at radius 2 is 2.19 bits per heavy atom. The van der Waals surface area contributed by atoms with Crippen LogP contribution in [0.1, 0.15) is 38.8 Å². The van der Waals surface area contributed by atoms with Gasteiger partial charge in [0.2, 0.25) is 0 Å². The van der Waals surface area contributed by atoms with Gasteiger partial charge in [-0.3, -0.25) is 4.98 Å². The standard InChI is InChI=1S/C12H21N3O/c1-4-12(3,16-5-2)11(14)9-8-15-7-6-10(9)13/h6-8,11H,4-5,14H2,1-3H3,(H2,13,15). The maximum atomic E-state index is 6.23. The third-order valence-corrected chi connectivity index (χ3v) is 3.06. The second-order valence-electron chi connectivity index (χ2n) is 4.08. The number of nitrogens with zero attached hydrogens (tertiary/aromatic N) is 1. The molecule has 4 heteroatoms. The summed E-state index contributed by atoms with van der Waals surface area (Å²) >= 11 is 0. The topological polar surface area (TPSA) is 74.2 Å². The molecular weight excluding hydrogens is 202 g/mol. The van der Waals surface area contributed by atoms with Gasteiger partial charge in [-0.2, -0.15) is 0 Å². The van der Waals surface area contributed by atoms with Crippen LogP contribution in [-0.2, 0) is 4.74 Å². The Kier molecular flexibility index (Phi) is 4.26. The highest BCUT2D eigenvalue weighted by atomic mass is 16.5. The average molecular weight is 223 g/mol. The van der Waals surface area contributed by atoms with Crippen LogP contribution in [0.5, 0.6) is 0 Å². The van der Waals surface area contributed by atoms with Crippen LogP contribution >= 0.6 is 0 Å². The molecule has 16 heavy (non-hydrogen) atoms. The van der Waals surface area contributed by atoms with E-state index in [1.54, 1.807) is 18.5 Å². The van der Waals surface area contributed by atoms with Crippen molar-refractivity contribution in [3.05, 3.63) is 24.0 Å². The van der Waals surface area contributed by atoms with Crippen LogP contribution in [0.4, 0.5) is 5.69 Å². The fourth-order valence-corrected chi connectivity index (χ4v) is 1.75. The number of rotatable bonds is 5. The lowest BCUT2D eigenvalue weighted by Crippen LogP contribution is -2.41. The molecule has 2 atom stereocenters. The molecule has 1 rings (SSSR count). The molecule has 0 saturated heterocycles. The first-order chi connectivity index (χ1) is 7.55.